The van der Waals surface area contributed by atoms with Crippen LogP contribution < -0.4 is 0 Å². The van der Waals surface area contributed by atoms with Gasteiger partial charge in [-0.3, -0.25) is 0 Å². The highest BCUT2D eigenvalue weighted by molar-refractivity contribution is 5.39. The van der Waals surface area contributed by atoms with E-state index in [2.05, 4.69) is 5.10 Å². The van der Waals surface area contributed by atoms with Crippen LogP contribution in [0.4, 0.5) is 4.39 Å². The number of halogens is 1. The Hall–Kier alpha value is -1.64. The van der Waals surface area contributed by atoms with Crippen molar-refractivity contribution in [3.8, 4) is 5.69 Å². The molecule has 1 aromatic heterocycles. The number of rotatable bonds is 1. The van der Waals surface area contributed by atoms with E-state index in [1.54, 1.807) is 23.1 Å². The third-order valence-corrected chi connectivity index (χ3v) is 1.92. The molecule has 0 amide bonds. The zero-order chi connectivity index (χ0) is 9.26. The first-order valence-corrected chi connectivity index (χ1v) is 4.03. The Morgan fingerprint density at radius 3 is 2.92 bits per heavy atom. The minimum absolute atomic E-state index is 0.240. The lowest BCUT2D eigenvalue weighted by Crippen LogP contribution is -1.97. The first-order valence-electron chi connectivity index (χ1n) is 4.03. The number of nitrogens with zero attached hydrogens (tertiary/aromatic N) is 2. The van der Waals surface area contributed by atoms with Crippen LogP contribution in [-0.4, -0.2) is 9.78 Å². The van der Waals surface area contributed by atoms with Gasteiger partial charge >= 0.3 is 0 Å². The summed E-state index contributed by atoms with van der Waals surface area (Å²) in [5.74, 6) is -0.240. The molecule has 0 radical (unpaired) electrons. The molecular formula is C10H9FN2. The molecule has 0 aliphatic carbocycles. The second kappa shape index (κ2) is 3.01. The Morgan fingerprint density at radius 1 is 1.38 bits per heavy atom. The first-order chi connectivity index (χ1) is 6.27. The zero-order valence-corrected chi connectivity index (χ0v) is 7.24. The van der Waals surface area contributed by atoms with E-state index in [4.69, 9.17) is 0 Å². The minimum Gasteiger partial charge on any atom is -0.241 e. The van der Waals surface area contributed by atoms with E-state index in [1.165, 1.54) is 12.1 Å². The summed E-state index contributed by atoms with van der Waals surface area (Å²) >= 11 is 0. The zero-order valence-electron chi connectivity index (χ0n) is 7.24. The summed E-state index contributed by atoms with van der Waals surface area (Å²) in [7, 11) is 0. The van der Waals surface area contributed by atoms with E-state index in [-0.39, 0.29) is 5.82 Å². The Labute approximate surface area is 75.6 Å². The molecule has 2 nitrogen and oxygen atoms in total. The predicted molar refractivity (Wildman–Crippen MR) is 48.3 cm³/mol. The second-order valence-electron chi connectivity index (χ2n) is 2.88. The van der Waals surface area contributed by atoms with Crippen LogP contribution in [0.2, 0.25) is 0 Å². The number of aromatic nitrogens is 2. The fourth-order valence-corrected chi connectivity index (χ4v) is 1.24. The summed E-state index contributed by atoms with van der Waals surface area (Å²) in [4.78, 5) is 0. The molecule has 0 spiro atoms. The quantitative estimate of drug-likeness (QED) is 0.652. The van der Waals surface area contributed by atoms with Gasteiger partial charge in [-0.05, 0) is 30.7 Å². The summed E-state index contributed by atoms with van der Waals surface area (Å²) in [5, 5.41) is 4.04. The van der Waals surface area contributed by atoms with Crippen molar-refractivity contribution in [3.63, 3.8) is 0 Å². The molecule has 1 aromatic carbocycles. The third kappa shape index (κ3) is 1.45. The maximum absolute atomic E-state index is 12.9. The van der Waals surface area contributed by atoms with Gasteiger partial charge in [0.1, 0.15) is 5.82 Å². The molecule has 13 heavy (non-hydrogen) atoms. The van der Waals surface area contributed by atoms with Crippen LogP contribution in [0.5, 0.6) is 0 Å². The predicted octanol–water partition coefficient (Wildman–Crippen LogP) is 2.32. The fourth-order valence-electron chi connectivity index (χ4n) is 1.24. The SMILES string of the molecule is Cc1ccc(F)cc1-n1cccn1. The topological polar surface area (TPSA) is 17.8 Å². The molecule has 0 saturated carbocycles. The molecule has 0 unspecified atom stereocenters. The number of hydrogen-bond donors (Lipinski definition) is 0. The van der Waals surface area contributed by atoms with Gasteiger partial charge in [-0.15, -0.1) is 0 Å². The van der Waals surface area contributed by atoms with Crippen molar-refractivity contribution in [2.75, 3.05) is 0 Å². The standard InChI is InChI=1S/C10H9FN2/c1-8-3-4-9(11)7-10(8)13-6-2-5-12-13/h2-7H,1H3. The monoisotopic (exact) mass is 176 g/mol. The molecule has 0 atom stereocenters. The lowest BCUT2D eigenvalue weighted by molar-refractivity contribution is 0.624. The van der Waals surface area contributed by atoms with Crippen LogP contribution in [0.15, 0.2) is 36.7 Å². The van der Waals surface area contributed by atoms with E-state index in [1.807, 2.05) is 13.0 Å². The lowest BCUT2D eigenvalue weighted by Gasteiger charge is -2.04. The van der Waals surface area contributed by atoms with Gasteiger partial charge in [0.15, 0.2) is 0 Å². The molecule has 1 heterocycles. The molecule has 3 heteroatoms. The van der Waals surface area contributed by atoms with Gasteiger partial charge < -0.3 is 0 Å². The van der Waals surface area contributed by atoms with Gasteiger partial charge in [0.2, 0.25) is 0 Å². The van der Waals surface area contributed by atoms with Gasteiger partial charge in [-0.25, -0.2) is 9.07 Å². The van der Waals surface area contributed by atoms with Gasteiger partial charge in [-0.2, -0.15) is 5.10 Å². The minimum atomic E-state index is -0.240. The van der Waals surface area contributed by atoms with Crippen molar-refractivity contribution in [2.45, 2.75) is 6.92 Å². The number of aryl methyl sites for hydroxylation is 1. The van der Waals surface area contributed by atoms with Crippen LogP contribution in [0.25, 0.3) is 5.69 Å². The Bertz CT molecular complexity index is 407. The smallest absolute Gasteiger partial charge is 0.125 e. The Kier molecular flexibility index (Phi) is 1.85. The molecule has 2 aromatic rings. The third-order valence-electron chi connectivity index (χ3n) is 1.92. The summed E-state index contributed by atoms with van der Waals surface area (Å²) in [5.41, 5.74) is 1.79. The molecule has 0 bridgehead atoms. The van der Waals surface area contributed by atoms with Crippen molar-refractivity contribution in [2.24, 2.45) is 0 Å². The van der Waals surface area contributed by atoms with Gasteiger partial charge in [0, 0.05) is 12.4 Å². The average molecular weight is 176 g/mol. The highest BCUT2D eigenvalue weighted by Gasteiger charge is 2.01. The van der Waals surface area contributed by atoms with Crippen LogP contribution in [0.3, 0.4) is 0 Å². The molecule has 2 rings (SSSR count). The second-order valence-corrected chi connectivity index (χ2v) is 2.88. The van der Waals surface area contributed by atoms with Crippen molar-refractivity contribution in [1.82, 2.24) is 9.78 Å². The van der Waals surface area contributed by atoms with Crippen LogP contribution in [0, 0.1) is 12.7 Å². The highest BCUT2D eigenvalue weighted by Crippen LogP contribution is 2.13. The molecule has 0 aliphatic heterocycles. The molecule has 0 aliphatic rings. The normalized spacial score (nSPS) is 10.3. The van der Waals surface area contributed by atoms with Crippen LogP contribution in [-0.2, 0) is 0 Å². The van der Waals surface area contributed by atoms with Gasteiger partial charge in [-0.1, -0.05) is 6.07 Å². The maximum Gasteiger partial charge on any atom is 0.125 e. The van der Waals surface area contributed by atoms with Crippen molar-refractivity contribution in [1.29, 1.82) is 0 Å². The van der Waals surface area contributed by atoms with Gasteiger partial charge in [0.05, 0.1) is 5.69 Å². The number of hydrogen-bond acceptors (Lipinski definition) is 1. The maximum atomic E-state index is 12.9. The Morgan fingerprint density at radius 2 is 2.23 bits per heavy atom. The molecule has 0 saturated heterocycles. The fraction of sp³-hybridized carbons (Fsp3) is 0.100. The van der Waals surface area contributed by atoms with E-state index in [0.29, 0.717) is 0 Å². The first kappa shape index (κ1) is 7.98. The molecule has 0 N–H and O–H groups in total. The lowest BCUT2D eigenvalue weighted by atomic mass is 10.2. The summed E-state index contributed by atoms with van der Waals surface area (Å²) in [6, 6.07) is 6.47. The highest BCUT2D eigenvalue weighted by atomic mass is 19.1. The summed E-state index contributed by atoms with van der Waals surface area (Å²) in [6.45, 7) is 1.93. The summed E-state index contributed by atoms with van der Waals surface area (Å²) < 4.78 is 14.5. The molecular weight excluding hydrogens is 167 g/mol. The van der Waals surface area contributed by atoms with E-state index < -0.39 is 0 Å². The largest absolute Gasteiger partial charge is 0.241 e. The van der Waals surface area contributed by atoms with E-state index >= 15 is 0 Å². The van der Waals surface area contributed by atoms with Crippen molar-refractivity contribution >= 4 is 0 Å². The molecule has 66 valence electrons. The van der Waals surface area contributed by atoms with Crippen LogP contribution in [0.1, 0.15) is 5.56 Å². The van der Waals surface area contributed by atoms with Crippen LogP contribution >= 0.6 is 0 Å². The summed E-state index contributed by atoms with van der Waals surface area (Å²) in [6.07, 6.45) is 3.46. The van der Waals surface area contributed by atoms with E-state index in [0.717, 1.165) is 11.3 Å². The number of benzene rings is 1. The van der Waals surface area contributed by atoms with E-state index in [9.17, 15) is 4.39 Å². The molecule has 0 fully saturated rings. The Balaban J connectivity index is 2.57. The van der Waals surface area contributed by atoms with Gasteiger partial charge in [0.25, 0.3) is 0 Å². The van der Waals surface area contributed by atoms with Crippen molar-refractivity contribution in [3.05, 3.63) is 48.0 Å². The average Bonchev–Trinajstić information content (AvgIpc) is 2.61. The van der Waals surface area contributed by atoms with Crippen molar-refractivity contribution < 1.29 is 4.39 Å².